The molecule has 1 aromatic carbocycles. The van der Waals surface area contributed by atoms with E-state index < -0.39 is 4.92 Å². The Bertz CT molecular complexity index is 817. The zero-order chi connectivity index (χ0) is 20.0. The Kier molecular flexibility index (Phi) is 7.00. The molecule has 2 aromatic rings. The monoisotopic (exact) mass is 390 g/mol. The molecular formula is C18H22N4O4S. The van der Waals surface area contributed by atoms with Crippen molar-refractivity contribution in [1.82, 2.24) is 9.88 Å². The van der Waals surface area contributed by atoms with Crippen LogP contribution in [0.2, 0.25) is 0 Å². The summed E-state index contributed by atoms with van der Waals surface area (Å²) in [5, 5.41) is 15.8. The van der Waals surface area contributed by atoms with Gasteiger partial charge in [0.05, 0.1) is 10.6 Å². The van der Waals surface area contributed by atoms with Gasteiger partial charge in [-0.1, -0.05) is 13.8 Å². The van der Waals surface area contributed by atoms with E-state index in [0.29, 0.717) is 23.2 Å². The summed E-state index contributed by atoms with van der Waals surface area (Å²) in [4.78, 5) is 41.0. The molecule has 2 amide bonds. The average molecular weight is 390 g/mol. The molecule has 0 aliphatic carbocycles. The van der Waals surface area contributed by atoms with Gasteiger partial charge in [0.1, 0.15) is 6.54 Å². The highest BCUT2D eigenvalue weighted by molar-refractivity contribution is 7.13. The number of hydrogen-bond acceptors (Lipinski definition) is 6. The highest BCUT2D eigenvalue weighted by atomic mass is 32.1. The van der Waals surface area contributed by atoms with Gasteiger partial charge < -0.3 is 10.2 Å². The largest absolute Gasteiger partial charge is 0.329 e. The molecule has 0 saturated carbocycles. The van der Waals surface area contributed by atoms with E-state index in [0.717, 1.165) is 12.1 Å². The lowest BCUT2D eigenvalue weighted by atomic mass is 10.1. The maximum absolute atomic E-state index is 12.8. The lowest BCUT2D eigenvalue weighted by Gasteiger charge is -2.23. The molecule has 0 aliphatic rings. The Hall–Kier alpha value is -2.81. The van der Waals surface area contributed by atoms with E-state index in [-0.39, 0.29) is 24.0 Å². The first kappa shape index (κ1) is 20.5. The molecule has 0 fully saturated rings. The molecule has 27 heavy (non-hydrogen) atoms. The van der Waals surface area contributed by atoms with Gasteiger partial charge >= 0.3 is 0 Å². The third kappa shape index (κ3) is 6.14. The number of nitro groups is 1. The van der Waals surface area contributed by atoms with Crippen molar-refractivity contribution in [2.24, 2.45) is 5.92 Å². The number of carbonyl (C=O) groups excluding carboxylic acids is 2. The van der Waals surface area contributed by atoms with Crippen LogP contribution in [0.25, 0.3) is 0 Å². The van der Waals surface area contributed by atoms with Crippen LogP contribution in [-0.2, 0) is 4.79 Å². The van der Waals surface area contributed by atoms with E-state index in [4.69, 9.17) is 0 Å². The van der Waals surface area contributed by atoms with Crippen molar-refractivity contribution >= 4 is 34.0 Å². The Morgan fingerprint density at radius 3 is 2.48 bits per heavy atom. The number of aromatic nitrogens is 1. The number of nitrogens with one attached hydrogen (secondary N) is 1. The Morgan fingerprint density at radius 2 is 1.96 bits per heavy atom. The van der Waals surface area contributed by atoms with Crippen LogP contribution in [0.15, 0.2) is 29.6 Å². The number of non-ortho nitro benzene ring substituents is 1. The Balaban J connectivity index is 2.10. The first-order valence-corrected chi connectivity index (χ1v) is 9.40. The maximum Gasteiger partial charge on any atom is 0.269 e. The van der Waals surface area contributed by atoms with Crippen molar-refractivity contribution in [1.29, 1.82) is 0 Å². The van der Waals surface area contributed by atoms with Crippen LogP contribution in [0.5, 0.6) is 0 Å². The molecule has 9 heteroatoms. The SMILES string of the molecule is Cc1csc(NC(=O)CN(CCC(C)C)C(=O)c2ccc([N+](=O)[O-])cc2)n1. The Morgan fingerprint density at radius 1 is 1.30 bits per heavy atom. The standard InChI is InChI=1S/C18H22N4O4S/c1-12(2)8-9-21(10-16(23)20-18-19-13(3)11-27-18)17(24)14-4-6-15(7-5-14)22(25)26/h4-7,11-12H,8-10H2,1-3H3,(H,19,20,23). The minimum absolute atomic E-state index is 0.0860. The first-order valence-electron chi connectivity index (χ1n) is 8.52. The number of aryl methyl sites for hydroxylation is 1. The van der Waals surface area contributed by atoms with Crippen LogP contribution in [0, 0.1) is 23.0 Å². The summed E-state index contributed by atoms with van der Waals surface area (Å²) < 4.78 is 0. The fourth-order valence-corrected chi connectivity index (χ4v) is 3.02. The van der Waals surface area contributed by atoms with Crippen LogP contribution >= 0.6 is 11.3 Å². The molecule has 2 rings (SSSR count). The fraction of sp³-hybridized carbons (Fsp3) is 0.389. The van der Waals surface area contributed by atoms with Gasteiger partial charge in [-0.25, -0.2) is 4.98 Å². The van der Waals surface area contributed by atoms with Gasteiger partial charge in [0.15, 0.2) is 5.13 Å². The number of rotatable bonds is 8. The summed E-state index contributed by atoms with van der Waals surface area (Å²) in [7, 11) is 0. The molecule has 1 N–H and O–H groups in total. The second kappa shape index (κ2) is 9.22. The van der Waals surface area contributed by atoms with Crippen molar-refractivity contribution in [2.45, 2.75) is 27.2 Å². The van der Waals surface area contributed by atoms with E-state index in [1.54, 1.807) is 0 Å². The second-order valence-electron chi connectivity index (χ2n) is 6.56. The van der Waals surface area contributed by atoms with Gasteiger partial charge in [0, 0.05) is 29.6 Å². The zero-order valence-electron chi connectivity index (χ0n) is 15.5. The maximum atomic E-state index is 12.8. The smallest absolute Gasteiger partial charge is 0.269 e. The quantitative estimate of drug-likeness (QED) is 0.549. The lowest BCUT2D eigenvalue weighted by molar-refractivity contribution is -0.384. The van der Waals surface area contributed by atoms with Gasteiger partial charge in [0.25, 0.3) is 11.6 Å². The van der Waals surface area contributed by atoms with Crippen LogP contribution in [0.4, 0.5) is 10.8 Å². The van der Waals surface area contributed by atoms with Crippen LogP contribution in [0.3, 0.4) is 0 Å². The number of amides is 2. The topological polar surface area (TPSA) is 105 Å². The van der Waals surface area contributed by atoms with E-state index in [1.165, 1.54) is 40.5 Å². The minimum atomic E-state index is -0.520. The molecule has 1 aromatic heterocycles. The van der Waals surface area contributed by atoms with E-state index >= 15 is 0 Å². The molecule has 8 nitrogen and oxygen atoms in total. The fourth-order valence-electron chi connectivity index (χ4n) is 2.32. The normalized spacial score (nSPS) is 10.7. The van der Waals surface area contributed by atoms with Crippen molar-refractivity contribution in [2.75, 3.05) is 18.4 Å². The van der Waals surface area contributed by atoms with Crippen molar-refractivity contribution < 1.29 is 14.5 Å². The minimum Gasteiger partial charge on any atom is -0.329 e. The summed E-state index contributed by atoms with van der Waals surface area (Å²) in [6, 6.07) is 5.38. The average Bonchev–Trinajstić information content (AvgIpc) is 3.02. The number of thiazole rings is 1. The summed E-state index contributed by atoms with van der Waals surface area (Å²) in [5.74, 6) is -0.304. The number of anilines is 1. The highest BCUT2D eigenvalue weighted by Crippen LogP contribution is 2.16. The van der Waals surface area contributed by atoms with Crippen molar-refractivity contribution in [3.8, 4) is 0 Å². The highest BCUT2D eigenvalue weighted by Gasteiger charge is 2.20. The lowest BCUT2D eigenvalue weighted by Crippen LogP contribution is -2.39. The van der Waals surface area contributed by atoms with Crippen LogP contribution in [-0.4, -0.2) is 39.7 Å². The molecule has 0 aliphatic heterocycles. The van der Waals surface area contributed by atoms with Crippen LogP contribution in [0.1, 0.15) is 36.3 Å². The molecular weight excluding hydrogens is 368 g/mol. The van der Waals surface area contributed by atoms with E-state index in [2.05, 4.69) is 10.3 Å². The molecule has 0 saturated heterocycles. The summed E-state index contributed by atoms with van der Waals surface area (Å²) in [6.07, 6.45) is 0.738. The second-order valence-corrected chi connectivity index (χ2v) is 7.41. The number of nitro benzene ring substituents is 1. The van der Waals surface area contributed by atoms with Gasteiger partial charge in [0.2, 0.25) is 5.91 Å². The third-order valence-electron chi connectivity index (χ3n) is 3.79. The third-order valence-corrected chi connectivity index (χ3v) is 4.66. The van der Waals surface area contributed by atoms with E-state index in [1.807, 2.05) is 26.2 Å². The molecule has 0 atom stereocenters. The predicted molar refractivity (Wildman–Crippen MR) is 104 cm³/mol. The van der Waals surface area contributed by atoms with Crippen molar-refractivity contribution in [3.63, 3.8) is 0 Å². The van der Waals surface area contributed by atoms with E-state index in [9.17, 15) is 19.7 Å². The number of nitrogens with zero attached hydrogens (tertiary/aromatic N) is 3. The number of hydrogen-bond donors (Lipinski definition) is 1. The Labute approximate surface area is 161 Å². The van der Waals surface area contributed by atoms with Gasteiger partial charge in [-0.3, -0.25) is 19.7 Å². The summed E-state index contributed by atoms with van der Waals surface area (Å²) >= 11 is 1.32. The number of benzene rings is 1. The predicted octanol–water partition coefficient (Wildman–Crippen LogP) is 3.49. The molecule has 1 heterocycles. The van der Waals surface area contributed by atoms with Crippen LogP contribution < -0.4 is 5.32 Å². The summed E-state index contributed by atoms with van der Waals surface area (Å²) in [5.41, 5.74) is 1.04. The van der Waals surface area contributed by atoms with Gasteiger partial charge in [-0.2, -0.15) is 0 Å². The molecule has 0 unspecified atom stereocenters. The molecule has 0 radical (unpaired) electrons. The van der Waals surface area contributed by atoms with Gasteiger partial charge in [-0.05, 0) is 31.4 Å². The molecule has 144 valence electrons. The zero-order valence-corrected chi connectivity index (χ0v) is 16.3. The van der Waals surface area contributed by atoms with Crippen molar-refractivity contribution in [3.05, 3.63) is 51.0 Å². The molecule has 0 spiro atoms. The summed E-state index contributed by atoms with van der Waals surface area (Å²) in [6.45, 7) is 6.21. The number of carbonyl (C=O) groups is 2. The molecule has 0 bridgehead atoms. The van der Waals surface area contributed by atoms with Gasteiger partial charge in [-0.15, -0.1) is 11.3 Å². The first-order chi connectivity index (χ1) is 12.8.